The van der Waals surface area contributed by atoms with Crippen molar-refractivity contribution >= 4 is 11.3 Å². The monoisotopic (exact) mass is 269 g/mol. The number of rotatable bonds is 3. The molecule has 1 aromatic heterocycles. The lowest BCUT2D eigenvalue weighted by atomic mass is 10.1. The molecule has 19 heavy (non-hydrogen) atoms. The lowest BCUT2D eigenvalue weighted by molar-refractivity contribution is 0.601. The first-order chi connectivity index (χ1) is 9.35. The highest BCUT2D eigenvalue weighted by Crippen LogP contribution is 2.24. The summed E-state index contributed by atoms with van der Waals surface area (Å²) in [7, 11) is 0. The van der Waals surface area contributed by atoms with E-state index in [0.29, 0.717) is 11.6 Å². The van der Waals surface area contributed by atoms with Gasteiger partial charge in [0.2, 0.25) is 0 Å². The summed E-state index contributed by atoms with van der Waals surface area (Å²) in [5, 5.41) is 15.7. The molecule has 1 aliphatic rings. The van der Waals surface area contributed by atoms with Gasteiger partial charge in [0, 0.05) is 23.4 Å². The van der Waals surface area contributed by atoms with Crippen LogP contribution in [0, 0.1) is 11.3 Å². The Kier molecular flexibility index (Phi) is 3.58. The standard InChI is InChI=1S/C15H15N3S/c16-9-11-3-1-4-12(7-11)14-10-19-15(18-14)8-13-5-2-6-17-13/h1,3-4,7,10,13,17H,2,5-6,8H2. The van der Waals surface area contributed by atoms with Crippen LogP contribution in [-0.2, 0) is 6.42 Å². The van der Waals surface area contributed by atoms with Crippen molar-refractivity contribution in [2.45, 2.75) is 25.3 Å². The molecule has 1 saturated heterocycles. The zero-order valence-corrected chi connectivity index (χ0v) is 11.4. The summed E-state index contributed by atoms with van der Waals surface area (Å²) in [6.45, 7) is 1.13. The molecule has 96 valence electrons. The topological polar surface area (TPSA) is 48.7 Å². The van der Waals surface area contributed by atoms with E-state index in [2.05, 4.69) is 21.8 Å². The average molecular weight is 269 g/mol. The maximum Gasteiger partial charge on any atom is 0.0991 e. The highest BCUT2D eigenvalue weighted by atomic mass is 32.1. The molecule has 3 rings (SSSR count). The van der Waals surface area contributed by atoms with Gasteiger partial charge in [-0.15, -0.1) is 11.3 Å². The van der Waals surface area contributed by atoms with Gasteiger partial charge in [-0.25, -0.2) is 4.98 Å². The van der Waals surface area contributed by atoms with Gasteiger partial charge in [0.25, 0.3) is 0 Å². The first-order valence-corrected chi connectivity index (χ1v) is 7.41. The number of nitrogens with one attached hydrogen (secondary N) is 1. The number of benzene rings is 1. The molecule has 2 heterocycles. The van der Waals surface area contributed by atoms with Crippen molar-refractivity contribution in [2.75, 3.05) is 6.54 Å². The zero-order valence-electron chi connectivity index (χ0n) is 10.6. The minimum absolute atomic E-state index is 0.587. The van der Waals surface area contributed by atoms with E-state index in [4.69, 9.17) is 5.26 Å². The average Bonchev–Trinajstić information content (AvgIpc) is 3.11. The Balaban J connectivity index is 1.78. The molecule has 2 aromatic rings. The molecular weight excluding hydrogens is 254 g/mol. The molecule has 0 radical (unpaired) electrons. The van der Waals surface area contributed by atoms with Crippen molar-refractivity contribution < 1.29 is 0 Å². The number of aromatic nitrogens is 1. The summed E-state index contributed by atoms with van der Waals surface area (Å²) >= 11 is 1.71. The van der Waals surface area contributed by atoms with E-state index < -0.39 is 0 Å². The van der Waals surface area contributed by atoms with E-state index >= 15 is 0 Å². The Morgan fingerprint density at radius 1 is 1.47 bits per heavy atom. The summed E-state index contributed by atoms with van der Waals surface area (Å²) < 4.78 is 0. The predicted octanol–water partition coefficient (Wildman–Crippen LogP) is 2.98. The van der Waals surface area contributed by atoms with Crippen molar-refractivity contribution in [2.24, 2.45) is 0 Å². The van der Waals surface area contributed by atoms with Gasteiger partial charge in [-0.2, -0.15) is 5.26 Å². The Bertz CT molecular complexity index is 606. The van der Waals surface area contributed by atoms with Gasteiger partial charge in [-0.1, -0.05) is 12.1 Å². The third-order valence-electron chi connectivity index (χ3n) is 3.42. The maximum absolute atomic E-state index is 8.93. The third kappa shape index (κ3) is 2.83. The van der Waals surface area contributed by atoms with Crippen LogP contribution in [0.2, 0.25) is 0 Å². The van der Waals surface area contributed by atoms with Crippen LogP contribution in [0.3, 0.4) is 0 Å². The van der Waals surface area contributed by atoms with E-state index in [9.17, 15) is 0 Å². The molecule has 0 amide bonds. The van der Waals surface area contributed by atoms with Crippen LogP contribution >= 0.6 is 11.3 Å². The molecule has 0 bridgehead atoms. The normalized spacial score (nSPS) is 18.4. The summed E-state index contributed by atoms with van der Waals surface area (Å²) in [4.78, 5) is 4.69. The number of nitrogens with zero attached hydrogens (tertiary/aromatic N) is 2. The molecule has 4 heteroatoms. The number of hydrogen-bond donors (Lipinski definition) is 1. The van der Waals surface area contributed by atoms with Gasteiger partial charge in [0.05, 0.1) is 22.3 Å². The summed E-state index contributed by atoms with van der Waals surface area (Å²) in [5.41, 5.74) is 2.69. The Morgan fingerprint density at radius 3 is 3.21 bits per heavy atom. The van der Waals surface area contributed by atoms with Crippen LogP contribution in [0.4, 0.5) is 0 Å². The Labute approximate surface area is 116 Å². The highest BCUT2D eigenvalue weighted by molar-refractivity contribution is 7.09. The van der Waals surface area contributed by atoms with Gasteiger partial charge in [-0.05, 0) is 31.5 Å². The maximum atomic E-state index is 8.93. The molecule has 0 aliphatic carbocycles. The smallest absolute Gasteiger partial charge is 0.0991 e. The number of nitriles is 1. The van der Waals surface area contributed by atoms with Gasteiger partial charge in [0.1, 0.15) is 0 Å². The minimum Gasteiger partial charge on any atom is -0.314 e. The molecule has 0 spiro atoms. The summed E-state index contributed by atoms with van der Waals surface area (Å²) in [6, 6.07) is 10.4. The van der Waals surface area contributed by atoms with E-state index in [-0.39, 0.29) is 0 Å². The fourth-order valence-corrected chi connectivity index (χ4v) is 3.31. The minimum atomic E-state index is 0.587. The first-order valence-electron chi connectivity index (χ1n) is 6.53. The lowest BCUT2D eigenvalue weighted by Gasteiger charge is -2.06. The highest BCUT2D eigenvalue weighted by Gasteiger charge is 2.16. The molecule has 1 unspecified atom stereocenters. The molecule has 1 atom stereocenters. The predicted molar refractivity (Wildman–Crippen MR) is 77.0 cm³/mol. The molecule has 1 N–H and O–H groups in total. The third-order valence-corrected chi connectivity index (χ3v) is 4.29. The van der Waals surface area contributed by atoms with E-state index in [0.717, 1.165) is 24.2 Å². The lowest BCUT2D eigenvalue weighted by Crippen LogP contribution is -2.23. The fraction of sp³-hybridized carbons (Fsp3) is 0.333. The van der Waals surface area contributed by atoms with E-state index in [1.54, 1.807) is 11.3 Å². The van der Waals surface area contributed by atoms with Gasteiger partial charge < -0.3 is 5.32 Å². The van der Waals surface area contributed by atoms with Gasteiger partial charge in [-0.3, -0.25) is 0 Å². The van der Waals surface area contributed by atoms with Crippen LogP contribution in [0.5, 0.6) is 0 Å². The Morgan fingerprint density at radius 2 is 2.42 bits per heavy atom. The largest absolute Gasteiger partial charge is 0.314 e. The molecule has 1 aromatic carbocycles. The van der Waals surface area contributed by atoms with Crippen LogP contribution in [0.1, 0.15) is 23.4 Å². The van der Waals surface area contributed by atoms with Crippen LogP contribution in [0.15, 0.2) is 29.6 Å². The van der Waals surface area contributed by atoms with Gasteiger partial charge in [0.15, 0.2) is 0 Å². The van der Waals surface area contributed by atoms with Crippen LogP contribution in [0.25, 0.3) is 11.3 Å². The second kappa shape index (κ2) is 5.52. The molecule has 0 saturated carbocycles. The molecular formula is C15H15N3S. The number of hydrogen-bond acceptors (Lipinski definition) is 4. The van der Waals surface area contributed by atoms with Gasteiger partial charge >= 0.3 is 0 Å². The Hall–Kier alpha value is -1.70. The van der Waals surface area contributed by atoms with Crippen molar-refractivity contribution in [3.8, 4) is 17.3 Å². The number of thiazole rings is 1. The second-order valence-corrected chi connectivity index (χ2v) is 5.76. The van der Waals surface area contributed by atoms with Crippen molar-refractivity contribution in [3.63, 3.8) is 0 Å². The van der Waals surface area contributed by atoms with Crippen molar-refractivity contribution in [1.82, 2.24) is 10.3 Å². The first kappa shape index (κ1) is 12.3. The van der Waals surface area contributed by atoms with Crippen molar-refractivity contribution in [3.05, 3.63) is 40.2 Å². The van der Waals surface area contributed by atoms with Crippen LogP contribution < -0.4 is 5.32 Å². The quantitative estimate of drug-likeness (QED) is 0.932. The molecule has 1 fully saturated rings. The van der Waals surface area contributed by atoms with Crippen LogP contribution in [-0.4, -0.2) is 17.6 Å². The molecule has 3 nitrogen and oxygen atoms in total. The SMILES string of the molecule is N#Cc1cccc(-c2csc(CC3CCCN3)n2)c1. The summed E-state index contributed by atoms with van der Waals surface area (Å²) in [6.07, 6.45) is 3.54. The summed E-state index contributed by atoms with van der Waals surface area (Å²) in [5.74, 6) is 0. The van der Waals surface area contributed by atoms with Crippen molar-refractivity contribution in [1.29, 1.82) is 5.26 Å². The second-order valence-electron chi connectivity index (χ2n) is 4.82. The molecule has 1 aliphatic heterocycles. The zero-order chi connectivity index (χ0) is 13.1. The van der Waals surface area contributed by atoms with E-state index in [1.165, 1.54) is 17.8 Å². The fourth-order valence-electron chi connectivity index (χ4n) is 2.43. The van der Waals surface area contributed by atoms with E-state index in [1.807, 2.05) is 24.3 Å².